The van der Waals surface area contributed by atoms with E-state index in [4.69, 9.17) is 4.74 Å². The number of amides is 1. The predicted octanol–water partition coefficient (Wildman–Crippen LogP) is 2.84. The van der Waals surface area contributed by atoms with E-state index in [0.717, 1.165) is 22.7 Å². The van der Waals surface area contributed by atoms with Gasteiger partial charge in [0.2, 0.25) is 5.91 Å². The van der Waals surface area contributed by atoms with Crippen LogP contribution in [0.5, 0.6) is 5.75 Å². The summed E-state index contributed by atoms with van der Waals surface area (Å²) in [4.78, 5) is 27.9. The molecular formula is C19H24N2O4S. The van der Waals surface area contributed by atoms with Crippen molar-refractivity contribution in [2.24, 2.45) is 5.92 Å². The molecule has 26 heavy (non-hydrogen) atoms. The first-order valence-electron chi connectivity index (χ1n) is 8.52. The quantitative estimate of drug-likeness (QED) is 0.666. The topological polar surface area (TPSA) is 88.5 Å². The number of benzene rings is 1. The summed E-state index contributed by atoms with van der Waals surface area (Å²) in [6, 6.07) is 7.32. The Balaban J connectivity index is 1.80. The van der Waals surface area contributed by atoms with E-state index >= 15 is 0 Å². The molecule has 0 aliphatic rings. The van der Waals surface area contributed by atoms with Crippen molar-refractivity contribution in [1.82, 2.24) is 10.3 Å². The largest absolute Gasteiger partial charge is 0.496 e. The van der Waals surface area contributed by atoms with E-state index in [1.807, 2.05) is 30.5 Å². The van der Waals surface area contributed by atoms with Crippen LogP contribution in [0.25, 0.3) is 0 Å². The van der Waals surface area contributed by atoms with Gasteiger partial charge in [-0.3, -0.25) is 9.59 Å². The molecule has 140 valence electrons. The Morgan fingerprint density at radius 2 is 2.12 bits per heavy atom. The Morgan fingerprint density at radius 1 is 1.35 bits per heavy atom. The van der Waals surface area contributed by atoms with E-state index in [0.29, 0.717) is 25.0 Å². The van der Waals surface area contributed by atoms with E-state index in [-0.39, 0.29) is 12.5 Å². The minimum Gasteiger partial charge on any atom is -0.496 e. The number of nitrogens with zero attached hydrogens (tertiary/aromatic N) is 1. The minimum absolute atomic E-state index is 0.0992. The van der Waals surface area contributed by atoms with Crippen LogP contribution in [-0.4, -0.2) is 35.6 Å². The molecular weight excluding hydrogens is 352 g/mol. The van der Waals surface area contributed by atoms with Gasteiger partial charge in [0.25, 0.3) is 0 Å². The molecule has 7 heteroatoms. The van der Waals surface area contributed by atoms with Gasteiger partial charge < -0.3 is 15.2 Å². The Hall–Kier alpha value is -2.41. The van der Waals surface area contributed by atoms with Crippen molar-refractivity contribution < 1.29 is 19.4 Å². The molecule has 2 rings (SSSR count). The fraction of sp³-hybridized carbons (Fsp3) is 0.421. The van der Waals surface area contributed by atoms with Gasteiger partial charge in [-0.05, 0) is 37.8 Å². The van der Waals surface area contributed by atoms with Gasteiger partial charge in [-0.15, -0.1) is 11.3 Å². The third-order valence-electron chi connectivity index (χ3n) is 4.06. The lowest BCUT2D eigenvalue weighted by atomic mass is 9.98. The van der Waals surface area contributed by atoms with Crippen molar-refractivity contribution in [3.8, 4) is 5.75 Å². The zero-order valence-corrected chi connectivity index (χ0v) is 15.8. The lowest BCUT2D eigenvalue weighted by molar-refractivity contribution is -0.141. The monoisotopic (exact) mass is 376 g/mol. The number of carboxylic acid groups (broad SMARTS) is 1. The summed E-state index contributed by atoms with van der Waals surface area (Å²) in [5.41, 5.74) is 1.82. The Labute approximate surface area is 157 Å². The molecule has 1 aromatic carbocycles. The van der Waals surface area contributed by atoms with Crippen LogP contribution in [0.4, 0.5) is 0 Å². The van der Waals surface area contributed by atoms with Crippen LogP contribution in [0.1, 0.15) is 29.1 Å². The van der Waals surface area contributed by atoms with Crippen LogP contribution < -0.4 is 10.1 Å². The number of hydrogen-bond acceptors (Lipinski definition) is 5. The molecule has 2 N–H and O–H groups in total. The standard InChI is InChI=1S/C19H24N2O4S/c1-13-21-16(12-26-13)7-5-9-18(22)20-11-15(19(23)24)10-14-6-3-4-8-17(14)25-2/h3-4,6,8,12,15H,5,7,9-11H2,1-2H3,(H,20,22)(H,23,24). The number of hydrogen-bond donors (Lipinski definition) is 2. The summed E-state index contributed by atoms with van der Waals surface area (Å²) in [5.74, 6) is -1.11. The van der Waals surface area contributed by atoms with Crippen molar-refractivity contribution >= 4 is 23.2 Å². The first kappa shape index (κ1) is 19.9. The number of aryl methyl sites for hydroxylation is 2. The summed E-state index contributed by atoms with van der Waals surface area (Å²) >= 11 is 1.60. The van der Waals surface area contributed by atoms with Gasteiger partial charge in [0.1, 0.15) is 5.75 Å². The third-order valence-corrected chi connectivity index (χ3v) is 4.88. The number of ether oxygens (including phenoxy) is 1. The molecule has 0 saturated carbocycles. The van der Waals surface area contributed by atoms with Gasteiger partial charge in [0.05, 0.1) is 23.7 Å². The molecule has 0 saturated heterocycles. The molecule has 1 amide bonds. The number of rotatable bonds is 10. The fourth-order valence-electron chi connectivity index (χ4n) is 2.66. The molecule has 0 aliphatic heterocycles. The van der Waals surface area contributed by atoms with E-state index in [9.17, 15) is 14.7 Å². The summed E-state index contributed by atoms with van der Waals surface area (Å²) < 4.78 is 5.26. The Bertz CT molecular complexity index is 745. The van der Waals surface area contributed by atoms with Crippen molar-refractivity contribution in [3.63, 3.8) is 0 Å². The number of para-hydroxylation sites is 1. The highest BCUT2D eigenvalue weighted by Gasteiger charge is 2.20. The molecule has 0 radical (unpaired) electrons. The number of aromatic nitrogens is 1. The van der Waals surface area contributed by atoms with Gasteiger partial charge in [-0.2, -0.15) is 0 Å². The number of nitrogens with one attached hydrogen (secondary N) is 1. The highest BCUT2D eigenvalue weighted by molar-refractivity contribution is 7.09. The maximum Gasteiger partial charge on any atom is 0.308 e. The number of methoxy groups -OCH3 is 1. The second kappa shape index (κ2) is 9.91. The van der Waals surface area contributed by atoms with Crippen LogP contribution in [0.15, 0.2) is 29.6 Å². The third kappa shape index (κ3) is 6.15. The van der Waals surface area contributed by atoms with E-state index in [2.05, 4.69) is 10.3 Å². The molecule has 0 bridgehead atoms. The first-order chi connectivity index (χ1) is 12.5. The Kier molecular flexibility index (Phi) is 7.59. The van der Waals surface area contributed by atoms with E-state index in [1.165, 1.54) is 0 Å². The molecule has 0 spiro atoms. The van der Waals surface area contributed by atoms with Crippen LogP contribution in [0.2, 0.25) is 0 Å². The molecule has 0 fully saturated rings. The Morgan fingerprint density at radius 3 is 2.77 bits per heavy atom. The van der Waals surface area contributed by atoms with Gasteiger partial charge in [-0.25, -0.2) is 4.98 Å². The molecule has 1 atom stereocenters. The lowest BCUT2D eigenvalue weighted by Crippen LogP contribution is -2.34. The van der Waals surface area contributed by atoms with Crippen LogP contribution >= 0.6 is 11.3 Å². The fourth-order valence-corrected chi connectivity index (χ4v) is 3.31. The summed E-state index contributed by atoms with van der Waals surface area (Å²) in [5, 5.41) is 15.2. The summed E-state index contributed by atoms with van der Waals surface area (Å²) in [6.07, 6.45) is 2.11. The minimum atomic E-state index is -0.936. The maximum absolute atomic E-state index is 12.0. The molecule has 0 aliphatic carbocycles. The van der Waals surface area contributed by atoms with Gasteiger partial charge in [0.15, 0.2) is 0 Å². The maximum atomic E-state index is 12.0. The van der Waals surface area contributed by atoms with E-state index in [1.54, 1.807) is 24.5 Å². The summed E-state index contributed by atoms with van der Waals surface area (Å²) in [7, 11) is 1.56. The highest BCUT2D eigenvalue weighted by atomic mass is 32.1. The second-order valence-electron chi connectivity index (χ2n) is 6.07. The smallest absolute Gasteiger partial charge is 0.308 e. The van der Waals surface area contributed by atoms with E-state index < -0.39 is 11.9 Å². The SMILES string of the molecule is COc1ccccc1CC(CNC(=O)CCCc1csc(C)n1)C(=O)O. The molecule has 1 aromatic heterocycles. The van der Waals surface area contributed by atoms with Crippen LogP contribution in [-0.2, 0) is 22.4 Å². The van der Waals surface area contributed by atoms with Crippen LogP contribution in [0.3, 0.4) is 0 Å². The number of thiazole rings is 1. The first-order valence-corrected chi connectivity index (χ1v) is 9.40. The molecule has 2 aromatic rings. The van der Waals surface area contributed by atoms with Crippen molar-refractivity contribution in [2.75, 3.05) is 13.7 Å². The summed E-state index contributed by atoms with van der Waals surface area (Å²) in [6.45, 7) is 2.05. The van der Waals surface area contributed by atoms with Gasteiger partial charge in [0, 0.05) is 18.3 Å². The molecule has 1 heterocycles. The van der Waals surface area contributed by atoms with Gasteiger partial charge >= 0.3 is 5.97 Å². The average Bonchev–Trinajstić information content (AvgIpc) is 3.03. The number of carbonyl (C=O) groups is 2. The van der Waals surface area contributed by atoms with Crippen molar-refractivity contribution in [2.45, 2.75) is 32.6 Å². The number of aliphatic carboxylic acids is 1. The molecule has 6 nitrogen and oxygen atoms in total. The normalized spacial score (nSPS) is 11.8. The molecule has 1 unspecified atom stereocenters. The predicted molar refractivity (Wildman–Crippen MR) is 101 cm³/mol. The van der Waals surface area contributed by atoms with Gasteiger partial charge in [-0.1, -0.05) is 18.2 Å². The number of carbonyl (C=O) groups excluding carboxylic acids is 1. The van der Waals surface area contributed by atoms with Crippen molar-refractivity contribution in [1.29, 1.82) is 0 Å². The zero-order valence-electron chi connectivity index (χ0n) is 15.0. The lowest BCUT2D eigenvalue weighted by Gasteiger charge is -2.15. The van der Waals surface area contributed by atoms with Crippen molar-refractivity contribution in [3.05, 3.63) is 45.9 Å². The second-order valence-corrected chi connectivity index (χ2v) is 7.13. The average molecular weight is 376 g/mol. The zero-order chi connectivity index (χ0) is 18.9. The highest BCUT2D eigenvalue weighted by Crippen LogP contribution is 2.21. The number of carboxylic acids is 1. The van der Waals surface area contributed by atoms with Crippen LogP contribution in [0, 0.1) is 12.8 Å².